The molecule has 1 aliphatic rings. The van der Waals surface area contributed by atoms with E-state index in [0.29, 0.717) is 43.9 Å². The highest BCUT2D eigenvalue weighted by molar-refractivity contribution is 5.98. The number of carbonyl (C=O) groups excluding carboxylic acids is 2. The lowest BCUT2D eigenvalue weighted by molar-refractivity contribution is 0.0535. The Morgan fingerprint density at radius 2 is 1.57 bits per heavy atom. The Morgan fingerprint density at radius 3 is 2.21 bits per heavy atom. The number of benzene rings is 2. The number of imidazole rings is 1. The van der Waals surface area contributed by atoms with Crippen LogP contribution < -0.4 is 4.74 Å². The van der Waals surface area contributed by atoms with Crippen LogP contribution in [0.1, 0.15) is 27.6 Å². The average Bonchev–Trinajstić information content (AvgIpc) is 3.21. The number of hydrogen-bond donors (Lipinski definition) is 1. The lowest BCUT2D eigenvalue weighted by Gasteiger charge is -2.35. The van der Waals surface area contributed by atoms with Gasteiger partial charge in [0.15, 0.2) is 0 Å². The van der Waals surface area contributed by atoms with Crippen LogP contribution in [-0.2, 0) is 0 Å². The third-order valence-electron chi connectivity index (χ3n) is 4.93. The summed E-state index contributed by atoms with van der Waals surface area (Å²) in [6.07, 6.45) is 1.62. The molecule has 3 aromatic rings. The summed E-state index contributed by atoms with van der Waals surface area (Å²) in [5.41, 5.74) is 2.94. The van der Waals surface area contributed by atoms with E-state index < -0.39 is 0 Å². The highest BCUT2D eigenvalue weighted by Gasteiger charge is 2.25. The molecule has 4 rings (SSSR count). The van der Waals surface area contributed by atoms with E-state index in [2.05, 4.69) is 9.97 Å². The van der Waals surface area contributed by atoms with Gasteiger partial charge in [-0.3, -0.25) is 9.59 Å². The number of H-pyrrole nitrogens is 1. The molecule has 0 atom stereocenters. The number of carbonyl (C=O) groups is 2. The molecule has 0 spiro atoms. The first kappa shape index (κ1) is 18.0. The standard InChI is InChI=1S/C21H22N4O3/c1-2-28-17-6-3-15(4-7-17)20(26)24-9-11-25(12-10-24)21(27)16-5-8-18-19(13-16)23-14-22-18/h3-8,13-14H,2,9-12H2,1H3,(H,22,23). The number of amides is 2. The zero-order valence-electron chi connectivity index (χ0n) is 15.7. The van der Waals surface area contributed by atoms with Crippen LogP contribution in [0.15, 0.2) is 48.8 Å². The lowest BCUT2D eigenvalue weighted by atomic mass is 10.1. The molecule has 0 saturated carbocycles. The van der Waals surface area contributed by atoms with E-state index in [1.54, 1.807) is 34.3 Å². The predicted octanol–water partition coefficient (Wildman–Crippen LogP) is 2.56. The summed E-state index contributed by atoms with van der Waals surface area (Å²) >= 11 is 0. The Kier molecular flexibility index (Phi) is 4.97. The van der Waals surface area contributed by atoms with E-state index in [1.807, 2.05) is 31.2 Å². The van der Waals surface area contributed by atoms with Crippen LogP contribution in [0.3, 0.4) is 0 Å². The molecule has 0 unspecified atom stereocenters. The topological polar surface area (TPSA) is 78.5 Å². The van der Waals surface area contributed by atoms with Crippen molar-refractivity contribution in [2.45, 2.75) is 6.92 Å². The van der Waals surface area contributed by atoms with Crippen LogP contribution in [0.5, 0.6) is 5.75 Å². The molecule has 1 aromatic heterocycles. The van der Waals surface area contributed by atoms with E-state index in [-0.39, 0.29) is 11.8 Å². The Hall–Kier alpha value is -3.35. The number of ether oxygens (including phenoxy) is 1. The largest absolute Gasteiger partial charge is 0.494 e. The predicted molar refractivity (Wildman–Crippen MR) is 106 cm³/mol. The van der Waals surface area contributed by atoms with Crippen molar-refractivity contribution in [1.29, 1.82) is 0 Å². The van der Waals surface area contributed by atoms with E-state index in [0.717, 1.165) is 16.8 Å². The second kappa shape index (κ2) is 7.72. The zero-order valence-corrected chi connectivity index (χ0v) is 15.7. The Balaban J connectivity index is 1.38. The maximum absolute atomic E-state index is 12.8. The van der Waals surface area contributed by atoms with Gasteiger partial charge in [-0.15, -0.1) is 0 Å². The van der Waals surface area contributed by atoms with Crippen LogP contribution in [0.2, 0.25) is 0 Å². The molecule has 144 valence electrons. The van der Waals surface area contributed by atoms with Crippen LogP contribution in [0.4, 0.5) is 0 Å². The second-order valence-corrected chi connectivity index (χ2v) is 6.68. The quantitative estimate of drug-likeness (QED) is 0.757. The molecule has 0 radical (unpaired) electrons. The van der Waals surface area contributed by atoms with Crippen molar-refractivity contribution in [1.82, 2.24) is 19.8 Å². The molecule has 2 heterocycles. The third kappa shape index (κ3) is 3.55. The lowest BCUT2D eigenvalue weighted by Crippen LogP contribution is -2.50. The van der Waals surface area contributed by atoms with Gasteiger partial charge in [-0.05, 0) is 49.4 Å². The number of fused-ring (bicyclic) bond motifs is 1. The minimum absolute atomic E-state index is 0.0194. The van der Waals surface area contributed by atoms with Crippen molar-refractivity contribution >= 4 is 22.8 Å². The molecule has 0 bridgehead atoms. The van der Waals surface area contributed by atoms with Gasteiger partial charge >= 0.3 is 0 Å². The smallest absolute Gasteiger partial charge is 0.254 e. The van der Waals surface area contributed by atoms with Crippen molar-refractivity contribution in [3.05, 3.63) is 59.9 Å². The van der Waals surface area contributed by atoms with Crippen LogP contribution in [0, 0.1) is 0 Å². The SMILES string of the molecule is CCOc1ccc(C(=O)N2CCN(C(=O)c3ccc4nc[nH]c4c3)CC2)cc1. The van der Waals surface area contributed by atoms with Gasteiger partial charge in [-0.2, -0.15) is 0 Å². The Labute approximate surface area is 162 Å². The average molecular weight is 378 g/mol. The maximum atomic E-state index is 12.8. The van der Waals surface area contributed by atoms with Crippen molar-refractivity contribution in [3.8, 4) is 5.75 Å². The van der Waals surface area contributed by atoms with E-state index >= 15 is 0 Å². The first-order valence-electron chi connectivity index (χ1n) is 9.40. The highest BCUT2D eigenvalue weighted by atomic mass is 16.5. The molecule has 1 fully saturated rings. The van der Waals surface area contributed by atoms with Gasteiger partial charge in [-0.25, -0.2) is 4.98 Å². The van der Waals surface area contributed by atoms with E-state index in [4.69, 9.17) is 4.74 Å². The molecule has 28 heavy (non-hydrogen) atoms. The zero-order chi connectivity index (χ0) is 19.5. The van der Waals surface area contributed by atoms with Crippen LogP contribution in [-0.4, -0.2) is 64.4 Å². The minimum Gasteiger partial charge on any atom is -0.494 e. The van der Waals surface area contributed by atoms with Crippen molar-refractivity contribution in [2.24, 2.45) is 0 Å². The van der Waals surface area contributed by atoms with Gasteiger partial charge in [-0.1, -0.05) is 0 Å². The molecule has 1 saturated heterocycles. The molecule has 7 heteroatoms. The van der Waals surface area contributed by atoms with Gasteiger partial charge in [0, 0.05) is 37.3 Å². The molecular weight excluding hydrogens is 356 g/mol. The number of nitrogens with zero attached hydrogens (tertiary/aromatic N) is 3. The Bertz CT molecular complexity index is 988. The molecule has 2 aromatic carbocycles. The van der Waals surface area contributed by atoms with Gasteiger partial charge in [0.1, 0.15) is 5.75 Å². The van der Waals surface area contributed by atoms with Crippen molar-refractivity contribution in [3.63, 3.8) is 0 Å². The fourth-order valence-corrected chi connectivity index (χ4v) is 3.41. The van der Waals surface area contributed by atoms with E-state index in [1.165, 1.54) is 0 Å². The number of aromatic nitrogens is 2. The van der Waals surface area contributed by atoms with Crippen LogP contribution in [0.25, 0.3) is 11.0 Å². The molecule has 7 nitrogen and oxygen atoms in total. The molecule has 2 amide bonds. The van der Waals surface area contributed by atoms with Crippen molar-refractivity contribution < 1.29 is 14.3 Å². The molecule has 1 N–H and O–H groups in total. The van der Waals surface area contributed by atoms with Crippen molar-refractivity contribution in [2.75, 3.05) is 32.8 Å². The summed E-state index contributed by atoms with van der Waals surface area (Å²) in [7, 11) is 0. The minimum atomic E-state index is -0.0235. The summed E-state index contributed by atoms with van der Waals surface area (Å²) in [6.45, 7) is 4.59. The molecule has 0 aliphatic carbocycles. The summed E-state index contributed by atoms with van der Waals surface area (Å²) in [4.78, 5) is 36.3. The van der Waals surface area contributed by atoms with E-state index in [9.17, 15) is 9.59 Å². The fourth-order valence-electron chi connectivity index (χ4n) is 3.41. The first-order valence-corrected chi connectivity index (χ1v) is 9.40. The summed E-state index contributed by atoms with van der Waals surface area (Å²) in [5.74, 6) is 0.711. The summed E-state index contributed by atoms with van der Waals surface area (Å²) < 4.78 is 5.41. The normalized spacial score (nSPS) is 14.3. The van der Waals surface area contributed by atoms with Gasteiger partial charge < -0.3 is 19.5 Å². The third-order valence-corrected chi connectivity index (χ3v) is 4.93. The summed E-state index contributed by atoms with van der Waals surface area (Å²) in [5, 5.41) is 0. The monoisotopic (exact) mass is 378 g/mol. The van der Waals surface area contributed by atoms with Crippen LogP contribution >= 0.6 is 0 Å². The highest BCUT2D eigenvalue weighted by Crippen LogP contribution is 2.17. The maximum Gasteiger partial charge on any atom is 0.254 e. The molecular formula is C21H22N4O3. The van der Waals surface area contributed by atoms with Gasteiger partial charge in [0.05, 0.1) is 24.0 Å². The molecule has 1 aliphatic heterocycles. The van der Waals surface area contributed by atoms with Gasteiger partial charge in [0.25, 0.3) is 11.8 Å². The number of aromatic amines is 1. The summed E-state index contributed by atoms with van der Waals surface area (Å²) in [6, 6.07) is 12.6. The Morgan fingerprint density at radius 1 is 0.964 bits per heavy atom. The first-order chi connectivity index (χ1) is 13.7. The number of hydrogen-bond acceptors (Lipinski definition) is 4. The number of nitrogens with one attached hydrogen (secondary N) is 1. The second-order valence-electron chi connectivity index (χ2n) is 6.68. The fraction of sp³-hybridized carbons (Fsp3) is 0.286. The number of rotatable bonds is 4. The number of piperazine rings is 1. The van der Waals surface area contributed by atoms with Gasteiger partial charge in [0.2, 0.25) is 0 Å².